The zero-order chi connectivity index (χ0) is 19.2. The van der Waals surface area contributed by atoms with E-state index in [4.69, 9.17) is 9.47 Å². The molecule has 7 heteroatoms. The molecule has 0 amide bonds. The first-order valence-corrected chi connectivity index (χ1v) is 9.45. The Kier molecular flexibility index (Phi) is 15.3. The number of methoxy groups -OCH3 is 1. The van der Waals surface area contributed by atoms with Crippen LogP contribution < -0.4 is 15.4 Å². The Morgan fingerprint density at radius 2 is 1.93 bits per heavy atom. The van der Waals surface area contributed by atoms with Crippen LogP contribution in [0.5, 0.6) is 5.75 Å². The molecule has 0 aliphatic heterocycles. The summed E-state index contributed by atoms with van der Waals surface area (Å²) < 4.78 is 10.9. The average Bonchev–Trinajstić information content (AvgIpc) is 2.65. The number of nitrogens with one attached hydrogen (secondary N) is 2. The third-order valence-electron chi connectivity index (χ3n) is 4.19. The van der Waals surface area contributed by atoms with E-state index in [9.17, 15) is 0 Å². The van der Waals surface area contributed by atoms with Crippen LogP contribution in [-0.2, 0) is 4.74 Å². The predicted molar refractivity (Wildman–Crippen MR) is 125 cm³/mol. The molecule has 27 heavy (non-hydrogen) atoms. The minimum absolute atomic E-state index is 0. The maximum atomic E-state index is 5.58. The third kappa shape index (κ3) is 10.8. The van der Waals surface area contributed by atoms with Gasteiger partial charge in [-0.15, -0.1) is 24.0 Å². The van der Waals surface area contributed by atoms with Gasteiger partial charge in [0.25, 0.3) is 0 Å². The molecule has 1 atom stereocenters. The van der Waals surface area contributed by atoms with E-state index < -0.39 is 0 Å². The molecule has 0 aromatic heterocycles. The van der Waals surface area contributed by atoms with Crippen molar-refractivity contribution < 1.29 is 9.47 Å². The van der Waals surface area contributed by atoms with E-state index in [-0.39, 0.29) is 30.0 Å². The zero-order valence-electron chi connectivity index (χ0n) is 17.5. The summed E-state index contributed by atoms with van der Waals surface area (Å²) in [7, 11) is 7.65. The second-order valence-electron chi connectivity index (χ2n) is 6.46. The van der Waals surface area contributed by atoms with Crippen molar-refractivity contribution in [1.82, 2.24) is 15.5 Å². The van der Waals surface area contributed by atoms with Crippen molar-refractivity contribution in [2.75, 3.05) is 54.6 Å². The normalized spacial score (nSPS) is 12.4. The van der Waals surface area contributed by atoms with Gasteiger partial charge in [0.1, 0.15) is 5.75 Å². The Bertz CT molecular complexity index is 526. The quantitative estimate of drug-likeness (QED) is 0.203. The van der Waals surface area contributed by atoms with Gasteiger partial charge in [0.05, 0.1) is 13.2 Å². The van der Waals surface area contributed by atoms with Crippen LogP contribution in [0.2, 0.25) is 0 Å². The Morgan fingerprint density at radius 1 is 1.19 bits per heavy atom. The lowest BCUT2D eigenvalue weighted by Gasteiger charge is -2.26. The number of hydrogen-bond acceptors (Lipinski definition) is 4. The molecule has 0 spiro atoms. The van der Waals surface area contributed by atoms with Crippen molar-refractivity contribution in [3.63, 3.8) is 0 Å². The number of rotatable bonds is 12. The van der Waals surface area contributed by atoms with Crippen LogP contribution in [0.3, 0.4) is 0 Å². The van der Waals surface area contributed by atoms with Crippen LogP contribution in [0.25, 0.3) is 0 Å². The standard InChI is InChI=1S/C20H36N4O2.HI/c1-6-7-13-26-14-9-12-22-20(21-2)23-16-19(24(3)4)17-10-8-11-18(15-17)25-5;/h8,10-11,15,19H,6-7,9,12-14,16H2,1-5H3,(H2,21,22,23);1H. The van der Waals surface area contributed by atoms with Gasteiger partial charge < -0.3 is 25.0 Å². The van der Waals surface area contributed by atoms with Crippen LogP contribution in [0.15, 0.2) is 29.3 Å². The number of guanidine groups is 1. The molecule has 0 radical (unpaired) electrons. The Hall–Kier alpha value is -1.06. The summed E-state index contributed by atoms with van der Waals surface area (Å²) in [6, 6.07) is 8.42. The first-order valence-electron chi connectivity index (χ1n) is 9.45. The van der Waals surface area contributed by atoms with Crippen molar-refractivity contribution in [3.05, 3.63) is 29.8 Å². The van der Waals surface area contributed by atoms with Gasteiger partial charge in [-0.25, -0.2) is 0 Å². The minimum Gasteiger partial charge on any atom is -0.497 e. The smallest absolute Gasteiger partial charge is 0.191 e. The molecule has 0 saturated carbocycles. The summed E-state index contributed by atoms with van der Waals surface area (Å²) >= 11 is 0. The maximum Gasteiger partial charge on any atom is 0.191 e. The number of likely N-dealkylation sites (N-methyl/N-ethyl adjacent to an activating group) is 1. The van der Waals surface area contributed by atoms with E-state index in [1.54, 1.807) is 14.2 Å². The van der Waals surface area contributed by atoms with Gasteiger partial charge in [-0.1, -0.05) is 25.5 Å². The molecule has 0 bridgehead atoms. The molecule has 0 aliphatic rings. The molecular weight excluding hydrogens is 455 g/mol. The average molecular weight is 492 g/mol. The molecule has 0 aliphatic carbocycles. The first-order chi connectivity index (χ1) is 12.6. The van der Waals surface area contributed by atoms with Crippen molar-refractivity contribution in [2.45, 2.75) is 32.2 Å². The van der Waals surface area contributed by atoms with Crippen LogP contribution in [-0.4, -0.2) is 65.4 Å². The van der Waals surface area contributed by atoms with E-state index in [1.165, 1.54) is 12.0 Å². The molecule has 1 aromatic carbocycles. The number of halogens is 1. The van der Waals surface area contributed by atoms with Crippen molar-refractivity contribution >= 4 is 29.9 Å². The number of unbranched alkanes of at least 4 members (excludes halogenated alkanes) is 1. The van der Waals surface area contributed by atoms with Gasteiger partial charge in [-0.2, -0.15) is 0 Å². The molecule has 0 fully saturated rings. The summed E-state index contributed by atoms with van der Waals surface area (Å²) in [6.45, 7) is 5.42. The third-order valence-corrected chi connectivity index (χ3v) is 4.19. The summed E-state index contributed by atoms with van der Waals surface area (Å²) in [5.41, 5.74) is 1.21. The highest BCUT2D eigenvalue weighted by molar-refractivity contribution is 14.0. The van der Waals surface area contributed by atoms with E-state index in [0.717, 1.165) is 50.9 Å². The van der Waals surface area contributed by atoms with Crippen LogP contribution in [0, 0.1) is 0 Å². The second kappa shape index (κ2) is 15.9. The fraction of sp³-hybridized carbons (Fsp3) is 0.650. The topological polar surface area (TPSA) is 58.1 Å². The van der Waals surface area contributed by atoms with E-state index >= 15 is 0 Å². The molecule has 156 valence electrons. The number of aliphatic imine (C=N–C) groups is 1. The minimum atomic E-state index is 0. The molecule has 6 nitrogen and oxygen atoms in total. The molecule has 1 unspecified atom stereocenters. The molecule has 2 N–H and O–H groups in total. The number of hydrogen-bond donors (Lipinski definition) is 2. The lowest BCUT2D eigenvalue weighted by molar-refractivity contribution is 0.129. The lowest BCUT2D eigenvalue weighted by atomic mass is 10.1. The maximum absolute atomic E-state index is 5.58. The summed E-state index contributed by atoms with van der Waals surface area (Å²) in [6.07, 6.45) is 3.28. The Morgan fingerprint density at radius 3 is 2.56 bits per heavy atom. The SMILES string of the molecule is CCCCOCCCNC(=NC)NCC(c1cccc(OC)c1)N(C)C.I. The van der Waals surface area contributed by atoms with Crippen LogP contribution >= 0.6 is 24.0 Å². The highest BCUT2D eigenvalue weighted by atomic mass is 127. The largest absolute Gasteiger partial charge is 0.497 e. The van der Waals surface area contributed by atoms with E-state index in [1.807, 2.05) is 12.1 Å². The highest BCUT2D eigenvalue weighted by Gasteiger charge is 2.15. The van der Waals surface area contributed by atoms with Crippen LogP contribution in [0.1, 0.15) is 37.8 Å². The van der Waals surface area contributed by atoms with Gasteiger partial charge in [-0.3, -0.25) is 4.99 Å². The van der Waals surface area contributed by atoms with Gasteiger partial charge in [0, 0.05) is 33.4 Å². The monoisotopic (exact) mass is 492 g/mol. The van der Waals surface area contributed by atoms with Gasteiger partial charge in [0.15, 0.2) is 5.96 Å². The predicted octanol–water partition coefficient (Wildman–Crippen LogP) is 3.29. The van der Waals surface area contributed by atoms with E-state index in [0.29, 0.717) is 0 Å². The highest BCUT2D eigenvalue weighted by Crippen LogP contribution is 2.21. The number of nitrogens with zero attached hydrogens (tertiary/aromatic N) is 2. The van der Waals surface area contributed by atoms with E-state index in [2.05, 4.69) is 53.7 Å². The van der Waals surface area contributed by atoms with Crippen molar-refractivity contribution in [1.29, 1.82) is 0 Å². The number of benzene rings is 1. The van der Waals surface area contributed by atoms with Crippen LogP contribution in [0.4, 0.5) is 0 Å². The summed E-state index contributed by atoms with van der Waals surface area (Å²) in [5, 5.41) is 6.76. The Labute approximate surface area is 182 Å². The summed E-state index contributed by atoms with van der Waals surface area (Å²) in [4.78, 5) is 6.50. The fourth-order valence-electron chi connectivity index (χ4n) is 2.59. The zero-order valence-corrected chi connectivity index (χ0v) is 19.8. The molecule has 1 aromatic rings. The van der Waals surface area contributed by atoms with Crippen molar-refractivity contribution in [2.24, 2.45) is 4.99 Å². The second-order valence-corrected chi connectivity index (χ2v) is 6.46. The van der Waals surface area contributed by atoms with Gasteiger partial charge in [-0.05, 0) is 44.6 Å². The summed E-state index contributed by atoms with van der Waals surface area (Å²) in [5.74, 6) is 1.69. The van der Waals surface area contributed by atoms with Crippen molar-refractivity contribution in [3.8, 4) is 5.75 Å². The van der Waals surface area contributed by atoms with Gasteiger partial charge in [0.2, 0.25) is 0 Å². The molecular formula is C20H37IN4O2. The Balaban J connectivity index is 0.00000676. The molecule has 1 rings (SSSR count). The number of ether oxygens (including phenoxy) is 2. The lowest BCUT2D eigenvalue weighted by Crippen LogP contribution is -2.42. The fourth-order valence-corrected chi connectivity index (χ4v) is 2.59. The molecule has 0 heterocycles. The molecule has 0 saturated heterocycles. The first kappa shape index (κ1) is 25.9. The van der Waals surface area contributed by atoms with Gasteiger partial charge >= 0.3 is 0 Å².